The Morgan fingerprint density at radius 1 is 1.00 bits per heavy atom. The van der Waals surface area contributed by atoms with E-state index in [1.807, 2.05) is 0 Å². The molecule has 0 amide bonds. The van der Waals surface area contributed by atoms with E-state index in [4.69, 9.17) is 9.47 Å². The van der Waals surface area contributed by atoms with Crippen molar-refractivity contribution in [3.8, 4) is 11.5 Å². The van der Waals surface area contributed by atoms with Crippen molar-refractivity contribution in [1.29, 1.82) is 0 Å². The summed E-state index contributed by atoms with van der Waals surface area (Å²) in [4.78, 5) is 12.8. The van der Waals surface area contributed by atoms with E-state index < -0.39 is 0 Å². The number of carbonyl (C=O) groups excluding carboxylic acids is 1. The minimum atomic E-state index is -0.271. The highest BCUT2D eigenvalue weighted by Crippen LogP contribution is 2.68. The van der Waals surface area contributed by atoms with E-state index in [9.17, 15) is 9.90 Å². The molecule has 4 aliphatic rings. The molecule has 0 aromatic heterocycles. The molecule has 4 saturated carbocycles. The fourth-order valence-electron chi connectivity index (χ4n) is 11.2. The topological polar surface area (TPSA) is 55.8 Å². The number of hydrogen-bond donors (Lipinski definition) is 1. The Hall–Kier alpha value is -1.97. The van der Waals surface area contributed by atoms with Crippen molar-refractivity contribution in [3.63, 3.8) is 0 Å². The third-order valence-corrected chi connectivity index (χ3v) is 13.7. The van der Waals surface area contributed by atoms with Crippen LogP contribution in [0.5, 0.6) is 11.5 Å². The lowest BCUT2D eigenvalue weighted by molar-refractivity contribution is -0.157. The predicted octanol–water partition coefficient (Wildman–Crippen LogP) is 10.1. The van der Waals surface area contributed by atoms with Crippen molar-refractivity contribution in [3.05, 3.63) is 29.8 Å². The summed E-state index contributed by atoms with van der Waals surface area (Å²) in [5.41, 5.74) is 1.72. The number of fused-ring (bicyclic) bond motifs is 5. The summed E-state index contributed by atoms with van der Waals surface area (Å²) in [7, 11) is 1.52. The van der Waals surface area contributed by atoms with Gasteiger partial charge in [0.25, 0.3) is 0 Å². The van der Waals surface area contributed by atoms with Crippen LogP contribution in [0.1, 0.15) is 124 Å². The van der Waals surface area contributed by atoms with Crippen LogP contribution in [0.2, 0.25) is 0 Å². The molecule has 0 heterocycles. The average Bonchev–Trinajstić information content (AvgIpc) is 3.34. The largest absolute Gasteiger partial charge is 0.504 e. The van der Waals surface area contributed by atoms with Gasteiger partial charge in [0.15, 0.2) is 11.5 Å². The number of phenolic OH excluding ortho intramolecular Hbond substituents is 1. The minimum absolute atomic E-state index is 0.0180. The molecule has 0 unspecified atom stereocenters. The quantitative estimate of drug-likeness (QED) is 0.217. The van der Waals surface area contributed by atoms with Crippen LogP contribution >= 0.6 is 0 Å². The van der Waals surface area contributed by atoms with Crippen molar-refractivity contribution >= 4 is 12.0 Å². The molecule has 0 spiro atoms. The number of aromatic hydroxyl groups is 1. The minimum Gasteiger partial charge on any atom is -0.504 e. The molecule has 43 heavy (non-hydrogen) atoms. The Morgan fingerprint density at radius 2 is 1.74 bits per heavy atom. The number of hydrogen-bond acceptors (Lipinski definition) is 4. The van der Waals surface area contributed by atoms with Gasteiger partial charge in [0.2, 0.25) is 0 Å². The van der Waals surface area contributed by atoms with E-state index in [0.29, 0.717) is 22.5 Å². The second kappa shape index (κ2) is 13.2. The number of phenols is 1. The molecule has 1 N–H and O–H groups in total. The summed E-state index contributed by atoms with van der Waals surface area (Å²) in [5.74, 6) is 6.95. The SMILES string of the molecule is CC[C@@H](CC[C@@H](C)[C@H]1CC[C@@H]2[C@@H]3CC[C@@H]4C[C@H](OC(=O)/C=C/c5ccc(O)c(OC)c5)CC[C@@]4(C)[C@H]3CC[C@@]21C)C(C)C. The Balaban J connectivity index is 1.17. The van der Waals surface area contributed by atoms with Gasteiger partial charge in [-0.3, -0.25) is 0 Å². The van der Waals surface area contributed by atoms with Crippen molar-refractivity contribution in [1.82, 2.24) is 0 Å². The molecule has 4 nitrogen and oxygen atoms in total. The summed E-state index contributed by atoms with van der Waals surface area (Å²) < 4.78 is 11.2. The summed E-state index contributed by atoms with van der Waals surface area (Å²) in [6.07, 6.45) is 19.0. The van der Waals surface area contributed by atoms with Crippen LogP contribution in [0.4, 0.5) is 0 Å². The molecule has 4 heteroatoms. The lowest BCUT2D eigenvalue weighted by atomic mass is 9.44. The first-order valence-corrected chi connectivity index (χ1v) is 17.8. The highest BCUT2D eigenvalue weighted by atomic mass is 16.5. The maximum Gasteiger partial charge on any atom is 0.331 e. The summed E-state index contributed by atoms with van der Waals surface area (Å²) >= 11 is 0. The van der Waals surface area contributed by atoms with Gasteiger partial charge in [-0.05, 0) is 146 Å². The van der Waals surface area contributed by atoms with Crippen molar-refractivity contribution in [2.75, 3.05) is 7.11 Å². The van der Waals surface area contributed by atoms with Gasteiger partial charge in [0.1, 0.15) is 6.10 Å². The lowest BCUT2D eigenvalue weighted by Gasteiger charge is -2.61. The molecule has 4 fully saturated rings. The van der Waals surface area contributed by atoms with Gasteiger partial charge < -0.3 is 14.6 Å². The van der Waals surface area contributed by atoms with E-state index >= 15 is 0 Å². The molecule has 0 bridgehead atoms. The lowest BCUT2D eigenvalue weighted by Crippen LogP contribution is -2.54. The number of carbonyl (C=O) groups is 1. The zero-order chi connectivity index (χ0) is 30.9. The molecule has 240 valence electrons. The van der Waals surface area contributed by atoms with Crippen LogP contribution in [0.3, 0.4) is 0 Å². The first kappa shape index (κ1) is 32.4. The second-order valence-electron chi connectivity index (χ2n) is 16.0. The van der Waals surface area contributed by atoms with Crippen molar-refractivity contribution in [2.45, 2.75) is 125 Å². The third kappa shape index (κ3) is 6.41. The van der Waals surface area contributed by atoms with Crippen LogP contribution in [0, 0.1) is 58.2 Å². The molecule has 0 saturated heterocycles. The van der Waals surface area contributed by atoms with Crippen LogP contribution in [0.25, 0.3) is 6.08 Å². The molecule has 4 aliphatic carbocycles. The Morgan fingerprint density at radius 3 is 2.47 bits per heavy atom. The normalized spacial score (nSPS) is 36.9. The van der Waals surface area contributed by atoms with E-state index in [0.717, 1.165) is 59.8 Å². The van der Waals surface area contributed by atoms with Gasteiger partial charge in [-0.1, -0.05) is 60.5 Å². The smallest absolute Gasteiger partial charge is 0.331 e. The number of esters is 1. The van der Waals surface area contributed by atoms with Crippen molar-refractivity contribution in [2.24, 2.45) is 58.2 Å². The van der Waals surface area contributed by atoms with E-state index in [-0.39, 0.29) is 17.8 Å². The van der Waals surface area contributed by atoms with Gasteiger partial charge in [0, 0.05) is 6.08 Å². The van der Waals surface area contributed by atoms with Gasteiger partial charge in [-0.15, -0.1) is 0 Å². The van der Waals surface area contributed by atoms with Crippen LogP contribution < -0.4 is 4.74 Å². The van der Waals surface area contributed by atoms with E-state index in [1.165, 1.54) is 77.4 Å². The zero-order valence-electron chi connectivity index (χ0n) is 28.2. The molecule has 5 rings (SSSR count). The zero-order valence-corrected chi connectivity index (χ0v) is 28.2. The number of methoxy groups -OCH3 is 1. The highest BCUT2D eigenvalue weighted by Gasteiger charge is 2.60. The average molecular weight is 593 g/mol. The van der Waals surface area contributed by atoms with Crippen LogP contribution in [0.15, 0.2) is 24.3 Å². The number of benzene rings is 1. The summed E-state index contributed by atoms with van der Waals surface area (Å²) in [6, 6.07) is 5.07. The van der Waals surface area contributed by atoms with Gasteiger partial charge >= 0.3 is 5.97 Å². The van der Waals surface area contributed by atoms with Crippen molar-refractivity contribution < 1.29 is 19.4 Å². The van der Waals surface area contributed by atoms with E-state index in [1.54, 1.807) is 24.3 Å². The Bertz CT molecular complexity index is 1140. The molecule has 1 aromatic rings. The van der Waals surface area contributed by atoms with Crippen LogP contribution in [-0.2, 0) is 9.53 Å². The second-order valence-corrected chi connectivity index (χ2v) is 16.0. The maximum absolute atomic E-state index is 12.8. The first-order chi connectivity index (χ1) is 20.5. The highest BCUT2D eigenvalue weighted by molar-refractivity contribution is 5.87. The molecule has 10 atom stereocenters. The standard InChI is InChI=1S/C39H60O4/c1-8-28(25(2)3)12-9-26(4)32-15-16-33-31-14-13-29-24-30(19-21-38(29,5)34(31)20-22-39(32,33)6)43-37(41)18-11-27-10-17-35(40)36(23-27)42-7/h10-11,17-18,23,25-26,28-34,40H,8-9,12-16,19-22,24H2,1-7H3/b18-11+/t26-,28+,29-,30-,31+,32-,33-,34+,38-,39-/m1/s1. The van der Waals surface area contributed by atoms with Gasteiger partial charge in [0.05, 0.1) is 7.11 Å². The number of ether oxygens (including phenoxy) is 2. The fourth-order valence-corrected chi connectivity index (χ4v) is 11.2. The Kier molecular flexibility index (Phi) is 9.94. The predicted molar refractivity (Wildman–Crippen MR) is 176 cm³/mol. The third-order valence-electron chi connectivity index (χ3n) is 13.7. The summed E-state index contributed by atoms with van der Waals surface area (Å²) in [5, 5.41) is 9.83. The first-order valence-electron chi connectivity index (χ1n) is 17.8. The summed E-state index contributed by atoms with van der Waals surface area (Å²) in [6.45, 7) is 15.1. The molecule has 1 aromatic carbocycles. The molecular weight excluding hydrogens is 532 g/mol. The van der Waals surface area contributed by atoms with Crippen LogP contribution in [-0.4, -0.2) is 24.3 Å². The molecule has 0 aliphatic heterocycles. The van der Waals surface area contributed by atoms with Gasteiger partial charge in [-0.2, -0.15) is 0 Å². The Labute approximate surface area is 262 Å². The van der Waals surface area contributed by atoms with E-state index in [2.05, 4.69) is 41.5 Å². The molecular formula is C39H60O4. The maximum atomic E-state index is 12.8. The number of rotatable bonds is 10. The monoisotopic (exact) mass is 592 g/mol. The fraction of sp³-hybridized carbons (Fsp3) is 0.769. The molecule has 0 radical (unpaired) electrons. The van der Waals surface area contributed by atoms with Gasteiger partial charge in [-0.25, -0.2) is 4.79 Å².